The van der Waals surface area contributed by atoms with E-state index in [1.807, 2.05) is 24.3 Å². The molecular formula is C16H27N3O2S. The minimum atomic E-state index is -0.343. The normalized spacial score (nSPS) is 11.0. The zero-order valence-corrected chi connectivity index (χ0v) is 14.5. The van der Waals surface area contributed by atoms with Crippen molar-refractivity contribution in [3.8, 4) is 0 Å². The van der Waals surface area contributed by atoms with Crippen molar-refractivity contribution in [2.45, 2.75) is 32.1 Å². The summed E-state index contributed by atoms with van der Waals surface area (Å²) in [7, 11) is 0. The number of benzene rings is 1. The lowest BCUT2D eigenvalue weighted by atomic mass is 10.2. The van der Waals surface area contributed by atoms with Crippen molar-refractivity contribution in [2.75, 3.05) is 32.0 Å². The number of nitrogens with zero attached hydrogens (tertiary/aromatic N) is 1. The number of ether oxygens (including phenoxy) is 1. The first kappa shape index (κ1) is 18.6. The molecule has 0 aliphatic heterocycles. The Hall–Kier alpha value is -1.40. The summed E-state index contributed by atoms with van der Waals surface area (Å²) in [5, 5.41) is 2.75. The first-order valence-corrected chi connectivity index (χ1v) is 8.47. The first-order valence-electron chi connectivity index (χ1n) is 7.70. The summed E-state index contributed by atoms with van der Waals surface area (Å²) in [6, 6.07) is 7.89. The second-order valence-corrected chi connectivity index (χ2v) is 6.61. The lowest BCUT2D eigenvalue weighted by Gasteiger charge is -2.23. The van der Waals surface area contributed by atoms with Crippen LogP contribution in [-0.2, 0) is 4.74 Å². The Morgan fingerprint density at radius 3 is 2.64 bits per heavy atom. The molecule has 0 aliphatic carbocycles. The van der Waals surface area contributed by atoms with Gasteiger partial charge in [-0.25, -0.2) is 9.10 Å². The standard InChI is InChI=1S/C16H27N3O2S/c1-4-21-16(20)18-10-5-11-19(12-13(2)3)22-15-8-6-14(17)7-9-15/h6-9,13H,4-5,10-12,17H2,1-3H3,(H,18,20). The molecule has 1 aromatic rings. The molecule has 0 fully saturated rings. The minimum Gasteiger partial charge on any atom is -0.450 e. The van der Waals surface area contributed by atoms with Crippen molar-refractivity contribution in [3.63, 3.8) is 0 Å². The number of nitrogen functional groups attached to an aromatic ring is 1. The van der Waals surface area contributed by atoms with Crippen LogP contribution in [0.3, 0.4) is 0 Å². The van der Waals surface area contributed by atoms with Gasteiger partial charge >= 0.3 is 6.09 Å². The Balaban J connectivity index is 2.40. The Morgan fingerprint density at radius 1 is 1.36 bits per heavy atom. The summed E-state index contributed by atoms with van der Waals surface area (Å²) in [4.78, 5) is 12.4. The van der Waals surface area contributed by atoms with E-state index < -0.39 is 0 Å². The lowest BCUT2D eigenvalue weighted by Crippen LogP contribution is -2.29. The molecular weight excluding hydrogens is 298 g/mol. The van der Waals surface area contributed by atoms with Crippen molar-refractivity contribution >= 4 is 23.7 Å². The van der Waals surface area contributed by atoms with Crippen LogP contribution in [0.15, 0.2) is 29.2 Å². The van der Waals surface area contributed by atoms with Crippen LogP contribution in [0.5, 0.6) is 0 Å². The number of rotatable bonds is 9. The van der Waals surface area contributed by atoms with Crippen LogP contribution in [-0.4, -0.2) is 36.6 Å². The maximum absolute atomic E-state index is 11.2. The molecule has 0 bridgehead atoms. The second kappa shape index (κ2) is 10.3. The monoisotopic (exact) mass is 325 g/mol. The van der Waals surface area contributed by atoms with E-state index in [0.717, 1.165) is 25.2 Å². The molecule has 6 heteroatoms. The fourth-order valence-corrected chi connectivity index (χ4v) is 3.04. The Kier molecular flexibility index (Phi) is 8.77. The molecule has 124 valence electrons. The Morgan fingerprint density at radius 2 is 2.05 bits per heavy atom. The van der Waals surface area contributed by atoms with Crippen LogP contribution in [0.4, 0.5) is 10.5 Å². The molecule has 0 saturated carbocycles. The number of nitrogens with one attached hydrogen (secondary N) is 1. The smallest absolute Gasteiger partial charge is 0.407 e. The Bertz CT molecular complexity index is 438. The van der Waals surface area contributed by atoms with Crippen LogP contribution in [0.25, 0.3) is 0 Å². The minimum absolute atomic E-state index is 0.343. The number of carbonyl (C=O) groups is 1. The summed E-state index contributed by atoms with van der Waals surface area (Å²) in [6.07, 6.45) is 0.539. The third-order valence-corrected chi connectivity index (χ3v) is 3.89. The van der Waals surface area contributed by atoms with E-state index >= 15 is 0 Å². The summed E-state index contributed by atoms with van der Waals surface area (Å²) < 4.78 is 7.16. The van der Waals surface area contributed by atoms with Gasteiger partial charge in [0.05, 0.1) is 6.61 Å². The van der Waals surface area contributed by atoms with Crippen LogP contribution >= 0.6 is 11.9 Å². The van der Waals surface area contributed by atoms with Gasteiger partial charge in [0.25, 0.3) is 0 Å². The average Bonchev–Trinajstić information content (AvgIpc) is 2.45. The molecule has 0 spiro atoms. The number of nitrogens with two attached hydrogens (primary N) is 1. The number of carbonyl (C=O) groups excluding carboxylic acids is 1. The molecule has 0 radical (unpaired) electrons. The zero-order chi connectivity index (χ0) is 16.4. The van der Waals surface area contributed by atoms with Gasteiger partial charge in [-0.05, 0) is 55.5 Å². The van der Waals surface area contributed by atoms with E-state index in [1.165, 1.54) is 4.90 Å². The van der Waals surface area contributed by atoms with Gasteiger partial charge in [-0.1, -0.05) is 13.8 Å². The van der Waals surface area contributed by atoms with Crippen LogP contribution in [0.1, 0.15) is 27.2 Å². The third-order valence-electron chi connectivity index (χ3n) is 2.81. The average molecular weight is 325 g/mol. The second-order valence-electron chi connectivity index (χ2n) is 5.44. The van der Waals surface area contributed by atoms with Crippen LogP contribution < -0.4 is 11.1 Å². The molecule has 0 aromatic heterocycles. The van der Waals surface area contributed by atoms with E-state index in [-0.39, 0.29) is 6.09 Å². The van der Waals surface area contributed by atoms with Crippen molar-refractivity contribution in [1.82, 2.24) is 9.62 Å². The summed E-state index contributed by atoms with van der Waals surface area (Å²) >= 11 is 1.73. The number of anilines is 1. The molecule has 0 aliphatic rings. The van der Waals surface area contributed by atoms with Crippen molar-refractivity contribution < 1.29 is 9.53 Å². The van der Waals surface area contributed by atoms with E-state index in [1.54, 1.807) is 18.9 Å². The van der Waals surface area contributed by atoms with E-state index in [4.69, 9.17) is 10.5 Å². The van der Waals surface area contributed by atoms with Crippen LogP contribution in [0.2, 0.25) is 0 Å². The van der Waals surface area contributed by atoms with E-state index in [9.17, 15) is 4.79 Å². The van der Waals surface area contributed by atoms with Gasteiger partial charge in [-0.3, -0.25) is 0 Å². The number of alkyl carbamates (subject to hydrolysis) is 1. The van der Waals surface area contributed by atoms with Gasteiger partial charge in [0.2, 0.25) is 0 Å². The summed E-state index contributed by atoms with van der Waals surface area (Å²) in [6.45, 7) is 9.12. The van der Waals surface area contributed by atoms with Gasteiger partial charge in [0.1, 0.15) is 0 Å². The largest absolute Gasteiger partial charge is 0.450 e. The topological polar surface area (TPSA) is 67.6 Å². The molecule has 1 rings (SSSR count). The molecule has 0 unspecified atom stereocenters. The fraction of sp³-hybridized carbons (Fsp3) is 0.562. The molecule has 0 atom stereocenters. The summed E-state index contributed by atoms with van der Waals surface area (Å²) in [5.74, 6) is 0.583. The molecule has 1 aromatic carbocycles. The zero-order valence-electron chi connectivity index (χ0n) is 13.7. The van der Waals surface area contributed by atoms with Crippen molar-refractivity contribution in [1.29, 1.82) is 0 Å². The highest BCUT2D eigenvalue weighted by atomic mass is 32.2. The quantitative estimate of drug-likeness (QED) is 0.414. The molecule has 22 heavy (non-hydrogen) atoms. The predicted molar refractivity (Wildman–Crippen MR) is 92.8 cm³/mol. The highest BCUT2D eigenvalue weighted by Gasteiger charge is 2.10. The van der Waals surface area contributed by atoms with Gasteiger partial charge < -0.3 is 15.8 Å². The highest BCUT2D eigenvalue weighted by Crippen LogP contribution is 2.24. The van der Waals surface area contributed by atoms with Crippen molar-refractivity contribution in [2.24, 2.45) is 5.92 Å². The van der Waals surface area contributed by atoms with E-state index in [2.05, 4.69) is 23.5 Å². The fourth-order valence-electron chi connectivity index (χ4n) is 1.89. The number of hydrogen-bond donors (Lipinski definition) is 2. The molecule has 1 amide bonds. The lowest BCUT2D eigenvalue weighted by molar-refractivity contribution is 0.152. The molecule has 0 saturated heterocycles. The number of hydrogen-bond acceptors (Lipinski definition) is 5. The molecule has 0 heterocycles. The summed E-state index contributed by atoms with van der Waals surface area (Å²) in [5.41, 5.74) is 6.49. The maximum Gasteiger partial charge on any atom is 0.407 e. The van der Waals surface area contributed by atoms with Gasteiger partial charge in [0.15, 0.2) is 0 Å². The van der Waals surface area contributed by atoms with Gasteiger partial charge in [-0.2, -0.15) is 0 Å². The molecule has 3 N–H and O–H groups in total. The number of amides is 1. The van der Waals surface area contributed by atoms with Crippen molar-refractivity contribution in [3.05, 3.63) is 24.3 Å². The molecule has 5 nitrogen and oxygen atoms in total. The Labute approximate surface area is 137 Å². The predicted octanol–water partition coefficient (Wildman–Crippen LogP) is 3.37. The third kappa shape index (κ3) is 8.14. The maximum atomic E-state index is 11.2. The van der Waals surface area contributed by atoms with E-state index in [0.29, 0.717) is 19.1 Å². The highest BCUT2D eigenvalue weighted by molar-refractivity contribution is 7.97. The SMILES string of the molecule is CCOC(=O)NCCCN(CC(C)C)Sc1ccc(N)cc1. The van der Waals surface area contributed by atoms with Gasteiger partial charge in [-0.15, -0.1) is 0 Å². The van der Waals surface area contributed by atoms with Crippen LogP contribution in [0, 0.1) is 5.92 Å². The first-order chi connectivity index (χ1) is 10.5. The van der Waals surface area contributed by atoms with Gasteiger partial charge in [0, 0.05) is 30.2 Å².